The van der Waals surface area contributed by atoms with Crippen molar-refractivity contribution in [1.82, 2.24) is 15.3 Å². The molecule has 7 nitrogen and oxygen atoms in total. The van der Waals surface area contributed by atoms with Gasteiger partial charge in [-0.2, -0.15) is 0 Å². The average Bonchev–Trinajstić information content (AvgIpc) is 3.23. The van der Waals surface area contributed by atoms with Gasteiger partial charge in [-0.15, -0.1) is 0 Å². The van der Waals surface area contributed by atoms with Crippen LogP contribution >= 0.6 is 8.58 Å². The smallest absolute Gasteiger partial charge is 0.165 e. The van der Waals surface area contributed by atoms with Crippen molar-refractivity contribution in [3.8, 4) is 22.9 Å². The minimum atomic E-state index is -0.887. The summed E-state index contributed by atoms with van der Waals surface area (Å²) in [6.45, 7) is 6.98. The highest BCUT2D eigenvalue weighted by atomic mass is 31.1. The van der Waals surface area contributed by atoms with Gasteiger partial charge >= 0.3 is 0 Å². The maximum atomic E-state index is 13.9. The van der Waals surface area contributed by atoms with Crippen molar-refractivity contribution in [2.24, 2.45) is 5.92 Å². The van der Waals surface area contributed by atoms with Crippen molar-refractivity contribution in [2.45, 2.75) is 25.5 Å². The Balaban J connectivity index is 1.89. The molecule has 1 aliphatic heterocycles. The van der Waals surface area contributed by atoms with Gasteiger partial charge in [0.05, 0.1) is 23.8 Å². The van der Waals surface area contributed by atoms with Crippen molar-refractivity contribution in [3.63, 3.8) is 0 Å². The monoisotopic (exact) mass is 458 g/mol. The maximum Gasteiger partial charge on any atom is 0.165 e. The largest absolute Gasteiger partial charge is 0.507 e. The third kappa shape index (κ3) is 4.35. The van der Waals surface area contributed by atoms with E-state index in [0.29, 0.717) is 33.0 Å². The van der Waals surface area contributed by atoms with E-state index >= 15 is 0 Å². The molecule has 1 saturated heterocycles. The average molecular weight is 458 g/mol. The van der Waals surface area contributed by atoms with Crippen LogP contribution in [-0.4, -0.2) is 58.7 Å². The highest BCUT2D eigenvalue weighted by molar-refractivity contribution is 7.46. The van der Waals surface area contributed by atoms with Crippen LogP contribution in [0.2, 0.25) is 0 Å². The lowest BCUT2D eigenvalue weighted by molar-refractivity contribution is 0.0219. The maximum absolute atomic E-state index is 13.9. The highest BCUT2D eigenvalue weighted by Gasteiger charge is 2.38. The molecule has 3 atom stereocenters. The number of aromatic hydroxyl groups is 1. The fourth-order valence-electron chi connectivity index (χ4n) is 4.19. The van der Waals surface area contributed by atoms with Crippen molar-refractivity contribution >= 4 is 30.6 Å². The van der Waals surface area contributed by atoms with Crippen LogP contribution in [0.25, 0.3) is 22.3 Å². The van der Waals surface area contributed by atoms with Gasteiger partial charge in [-0.25, -0.2) is 14.4 Å². The number of ether oxygens (including phenoxy) is 1. The zero-order chi connectivity index (χ0) is 23.0. The molecule has 170 valence electrons. The van der Waals surface area contributed by atoms with Crippen LogP contribution in [0, 0.1) is 11.7 Å². The Morgan fingerprint density at radius 2 is 2.00 bits per heavy atom. The topological polar surface area (TPSA) is 99.5 Å². The molecule has 0 aliphatic carbocycles. The summed E-state index contributed by atoms with van der Waals surface area (Å²) in [5.41, 5.74) is -0.00564. The normalized spacial score (nSPS) is 19.2. The molecule has 0 spiro atoms. The van der Waals surface area contributed by atoms with E-state index in [9.17, 15) is 14.6 Å². The third-order valence-electron chi connectivity index (χ3n) is 5.93. The zero-order valence-corrected chi connectivity index (χ0v) is 19.5. The van der Waals surface area contributed by atoms with E-state index in [0.717, 1.165) is 16.4 Å². The summed E-state index contributed by atoms with van der Waals surface area (Å²) in [6.07, 6.45) is 0. The first-order valence-electron chi connectivity index (χ1n) is 10.5. The van der Waals surface area contributed by atoms with Crippen molar-refractivity contribution in [1.29, 1.82) is 0 Å². The number of nitrogens with one attached hydrogen (secondary N) is 2. The predicted octanol–water partition coefficient (Wildman–Crippen LogP) is 2.85. The van der Waals surface area contributed by atoms with Crippen molar-refractivity contribution in [3.05, 3.63) is 36.1 Å². The number of aromatic nitrogens is 2. The number of rotatable bonds is 6. The molecular weight excluding hydrogens is 430 g/mol. The Hall–Kier alpha value is -2.54. The lowest BCUT2D eigenvalue weighted by Gasteiger charge is -2.31. The van der Waals surface area contributed by atoms with Crippen LogP contribution < -0.4 is 20.7 Å². The summed E-state index contributed by atoms with van der Waals surface area (Å²) in [5, 5.41) is 29.5. The fourth-order valence-corrected chi connectivity index (χ4v) is 4.89. The molecule has 2 heterocycles. The van der Waals surface area contributed by atoms with Gasteiger partial charge in [0.2, 0.25) is 0 Å². The second kappa shape index (κ2) is 8.77. The summed E-state index contributed by atoms with van der Waals surface area (Å²) in [5.74, 6) is 0.884. The number of phenolic OH excluding ortho intramolecular Hbond substituents is 1. The van der Waals surface area contributed by atoms with Crippen molar-refractivity contribution < 1.29 is 19.3 Å². The molecule has 0 radical (unpaired) electrons. The fraction of sp³-hybridized carbons (Fsp3) is 0.391. The molecule has 32 heavy (non-hydrogen) atoms. The van der Waals surface area contributed by atoms with Crippen LogP contribution in [0.1, 0.15) is 13.8 Å². The second-order valence-electron chi connectivity index (χ2n) is 8.55. The lowest BCUT2D eigenvalue weighted by atomic mass is 9.87. The first-order valence-corrected chi connectivity index (χ1v) is 12.0. The molecule has 1 aromatic heterocycles. The van der Waals surface area contributed by atoms with E-state index in [2.05, 4.69) is 27.3 Å². The Labute approximate surface area is 188 Å². The Kier molecular flexibility index (Phi) is 6.21. The predicted molar refractivity (Wildman–Crippen MR) is 127 cm³/mol. The van der Waals surface area contributed by atoms with Crippen LogP contribution in [0.15, 0.2) is 30.3 Å². The van der Waals surface area contributed by atoms with Crippen LogP contribution in [0.4, 0.5) is 10.2 Å². The number of anilines is 1. The number of halogens is 1. The van der Waals surface area contributed by atoms with E-state index in [1.807, 2.05) is 12.1 Å². The number of nitrogens with zero attached hydrogens (tertiary/aromatic N) is 2. The third-order valence-corrected chi connectivity index (χ3v) is 6.86. The molecule has 0 saturated carbocycles. The SMILES string of the molecule is COc1cc2c(N[C@@H]3CNC[C@H]3C(C)(C)O)nc(-c3cc(F)ccc3O)nc2cc1PC. The molecule has 0 bridgehead atoms. The van der Waals surface area contributed by atoms with Gasteiger partial charge in [0, 0.05) is 35.7 Å². The Morgan fingerprint density at radius 3 is 2.69 bits per heavy atom. The van der Waals surface area contributed by atoms with Gasteiger partial charge in [0.25, 0.3) is 0 Å². The standard InChI is InChI=1S/C23H28FN4O3P/c1-23(2,30)15-10-25-11-17(15)27-21-13-8-19(31-3)20(32-4)9-16(13)26-22(28-21)14-7-12(24)5-6-18(14)29/h5-9,15,17,25,29-30,32H,10-11H2,1-4H3,(H,26,27,28)/t15-,17-/m1/s1. The molecule has 1 unspecified atom stereocenters. The first kappa shape index (κ1) is 22.6. The van der Waals surface area contributed by atoms with Gasteiger partial charge in [0.15, 0.2) is 5.82 Å². The lowest BCUT2D eigenvalue weighted by Crippen LogP contribution is -2.42. The molecule has 3 aromatic rings. The number of hydrogen-bond donors (Lipinski definition) is 4. The van der Waals surface area contributed by atoms with Crippen molar-refractivity contribution in [2.75, 3.05) is 32.2 Å². The molecule has 9 heteroatoms. The van der Waals surface area contributed by atoms with E-state index in [1.54, 1.807) is 21.0 Å². The minimum Gasteiger partial charge on any atom is -0.507 e. The van der Waals surface area contributed by atoms with Gasteiger partial charge in [0.1, 0.15) is 23.1 Å². The van der Waals surface area contributed by atoms with E-state index in [-0.39, 0.29) is 29.1 Å². The first-order chi connectivity index (χ1) is 15.2. The Bertz CT molecular complexity index is 1150. The number of aliphatic hydroxyl groups is 1. The molecule has 0 amide bonds. The molecule has 4 N–H and O–H groups in total. The molecule has 2 aromatic carbocycles. The summed E-state index contributed by atoms with van der Waals surface area (Å²) >= 11 is 0. The van der Waals surface area contributed by atoms with Gasteiger partial charge in [-0.1, -0.05) is 8.58 Å². The van der Waals surface area contributed by atoms with E-state index in [1.165, 1.54) is 18.2 Å². The highest BCUT2D eigenvalue weighted by Crippen LogP contribution is 2.34. The van der Waals surface area contributed by atoms with Crippen LogP contribution in [0.5, 0.6) is 11.5 Å². The number of benzene rings is 2. The molecule has 4 rings (SSSR count). The quantitative estimate of drug-likeness (QED) is 0.422. The van der Waals surface area contributed by atoms with Gasteiger partial charge in [-0.05, 0) is 50.8 Å². The second-order valence-corrected chi connectivity index (χ2v) is 9.58. The van der Waals surface area contributed by atoms with E-state index in [4.69, 9.17) is 4.74 Å². The van der Waals surface area contributed by atoms with E-state index < -0.39 is 11.4 Å². The number of hydrogen-bond acceptors (Lipinski definition) is 7. The van der Waals surface area contributed by atoms with Gasteiger partial charge in [-0.3, -0.25) is 0 Å². The minimum absolute atomic E-state index is 0.0446. The molecule has 1 aliphatic rings. The van der Waals surface area contributed by atoms with Crippen LogP contribution in [-0.2, 0) is 0 Å². The van der Waals surface area contributed by atoms with Gasteiger partial charge < -0.3 is 25.6 Å². The number of methoxy groups -OCH3 is 1. The summed E-state index contributed by atoms with van der Waals surface area (Å²) in [4.78, 5) is 9.31. The Morgan fingerprint density at radius 1 is 1.22 bits per heavy atom. The number of phenols is 1. The molecule has 1 fully saturated rings. The summed E-state index contributed by atoms with van der Waals surface area (Å²) in [6, 6.07) is 7.48. The molecular formula is C23H28FN4O3P. The summed E-state index contributed by atoms with van der Waals surface area (Å²) in [7, 11) is 2.12. The van der Waals surface area contributed by atoms with Crippen LogP contribution in [0.3, 0.4) is 0 Å². The zero-order valence-electron chi connectivity index (χ0n) is 18.5. The summed E-state index contributed by atoms with van der Waals surface area (Å²) < 4.78 is 19.5. The number of fused-ring (bicyclic) bond motifs is 1.